The highest BCUT2D eigenvalue weighted by Gasteiger charge is 2.12. The second-order valence-corrected chi connectivity index (χ2v) is 5.63. The molecule has 1 heterocycles. The summed E-state index contributed by atoms with van der Waals surface area (Å²) in [5.41, 5.74) is 1.67. The number of halogens is 1. The number of nitrogens with one attached hydrogen (secondary N) is 2. The topological polar surface area (TPSA) is 76.1 Å². The number of hydrogen-bond donors (Lipinski definition) is 2. The molecule has 1 amide bonds. The molecule has 1 aromatic heterocycles. The number of aromatic nitrogens is 2. The zero-order chi connectivity index (χ0) is 19.1. The molecule has 0 radical (unpaired) electrons. The first kappa shape index (κ1) is 18.3. The molecule has 138 valence electrons. The number of carbonyl (C=O) groups excluding carboxylic acids is 1. The fourth-order valence-electron chi connectivity index (χ4n) is 2.39. The van der Waals surface area contributed by atoms with Crippen molar-refractivity contribution in [1.82, 2.24) is 9.97 Å². The Morgan fingerprint density at radius 3 is 2.67 bits per heavy atom. The van der Waals surface area contributed by atoms with Crippen LogP contribution in [0.5, 0.6) is 5.75 Å². The van der Waals surface area contributed by atoms with Crippen LogP contribution in [0.4, 0.5) is 16.0 Å². The molecule has 6 nitrogen and oxygen atoms in total. The number of carbonyl (C=O) groups is 1. The number of benzene rings is 2. The molecule has 0 aliphatic rings. The third-order valence-electron chi connectivity index (χ3n) is 3.69. The second-order valence-electron chi connectivity index (χ2n) is 5.63. The van der Waals surface area contributed by atoms with Crippen molar-refractivity contribution < 1.29 is 13.9 Å². The Hall–Kier alpha value is -3.48. The number of nitrogens with zero attached hydrogens (tertiary/aromatic N) is 2. The van der Waals surface area contributed by atoms with Gasteiger partial charge in [-0.25, -0.2) is 14.4 Å². The Kier molecular flexibility index (Phi) is 5.94. The van der Waals surface area contributed by atoms with Crippen molar-refractivity contribution in [2.24, 2.45) is 0 Å². The molecule has 0 unspecified atom stereocenters. The normalized spacial score (nSPS) is 10.3. The van der Waals surface area contributed by atoms with Crippen LogP contribution < -0.4 is 15.4 Å². The quantitative estimate of drug-likeness (QED) is 0.664. The number of rotatable bonds is 7. The van der Waals surface area contributed by atoms with Crippen molar-refractivity contribution in [3.8, 4) is 5.75 Å². The predicted octanol–water partition coefficient (Wildman–Crippen LogP) is 3.88. The van der Waals surface area contributed by atoms with Gasteiger partial charge in [0.15, 0.2) is 0 Å². The monoisotopic (exact) mass is 366 g/mol. The van der Waals surface area contributed by atoms with E-state index < -0.39 is 0 Å². The summed E-state index contributed by atoms with van der Waals surface area (Å²) in [4.78, 5) is 20.8. The van der Waals surface area contributed by atoms with Gasteiger partial charge in [0, 0.05) is 12.7 Å². The Labute approximate surface area is 156 Å². The molecule has 7 heteroatoms. The minimum atomic E-state index is -0.366. The van der Waals surface area contributed by atoms with Gasteiger partial charge >= 0.3 is 0 Å². The third-order valence-corrected chi connectivity index (χ3v) is 3.69. The lowest BCUT2D eigenvalue weighted by Crippen LogP contribution is -2.16. The highest BCUT2D eigenvalue weighted by molar-refractivity contribution is 6.03. The maximum Gasteiger partial charge on any atom is 0.274 e. The minimum Gasteiger partial charge on any atom is -0.492 e. The molecule has 0 saturated carbocycles. The molecule has 2 aromatic carbocycles. The van der Waals surface area contributed by atoms with Crippen molar-refractivity contribution in [2.45, 2.75) is 13.5 Å². The van der Waals surface area contributed by atoms with Gasteiger partial charge in [0.2, 0.25) is 5.95 Å². The summed E-state index contributed by atoms with van der Waals surface area (Å²) in [6.07, 6.45) is 1.50. The zero-order valence-corrected chi connectivity index (χ0v) is 14.8. The lowest BCUT2D eigenvalue weighted by molar-refractivity contribution is 0.102. The number of amides is 1. The standard InChI is InChI=1S/C20H19FN4O2/c1-2-27-18-6-4-3-5-16(18)24-19(26)17-11-12-22-20(25-17)23-13-14-7-9-15(21)10-8-14/h3-12H,2,13H2,1H3,(H,24,26)(H,22,23,25). The van der Waals surface area contributed by atoms with E-state index in [2.05, 4.69) is 20.6 Å². The van der Waals surface area contributed by atoms with Crippen LogP contribution in [-0.2, 0) is 6.54 Å². The molecule has 3 rings (SSSR count). The highest BCUT2D eigenvalue weighted by atomic mass is 19.1. The van der Waals surface area contributed by atoms with Gasteiger partial charge in [-0.15, -0.1) is 0 Å². The van der Waals surface area contributed by atoms with E-state index in [1.165, 1.54) is 24.4 Å². The summed E-state index contributed by atoms with van der Waals surface area (Å²) in [5.74, 6) is 0.248. The maximum atomic E-state index is 12.9. The van der Waals surface area contributed by atoms with E-state index in [1.54, 1.807) is 24.3 Å². The average Bonchev–Trinajstić information content (AvgIpc) is 2.69. The van der Waals surface area contributed by atoms with Gasteiger partial charge in [0.25, 0.3) is 5.91 Å². The van der Waals surface area contributed by atoms with Gasteiger partial charge < -0.3 is 15.4 Å². The van der Waals surface area contributed by atoms with Crippen LogP contribution in [0.15, 0.2) is 60.8 Å². The van der Waals surface area contributed by atoms with E-state index in [1.807, 2.05) is 19.1 Å². The van der Waals surface area contributed by atoms with Gasteiger partial charge in [-0.2, -0.15) is 0 Å². The Morgan fingerprint density at radius 2 is 1.89 bits per heavy atom. The molecule has 0 spiro atoms. The van der Waals surface area contributed by atoms with Gasteiger partial charge in [0.1, 0.15) is 17.3 Å². The molecule has 0 aliphatic heterocycles. The number of anilines is 2. The summed E-state index contributed by atoms with van der Waals surface area (Å²) in [5, 5.41) is 5.82. The molecule has 0 atom stereocenters. The molecule has 0 aliphatic carbocycles. The van der Waals surface area contributed by atoms with Crippen molar-refractivity contribution >= 4 is 17.5 Å². The van der Waals surface area contributed by atoms with Crippen LogP contribution in [-0.4, -0.2) is 22.5 Å². The SMILES string of the molecule is CCOc1ccccc1NC(=O)c1ccnc(NCc2ccc(F)cc2)n1. The molecule has 0 saturated heterocycles. The molecule has 0 bridgehead atoms. The lowest BCUT2D eigenvalue weighted by Gasteiger charge is -2.11. The Bertz CT molecular complexity index is 916. The summed E-state index contributed by atoms with van der Waals surface area (Å²) in [6, 6.07) is 14.8. The zero-order valence-electron chi connectivity index (χ0n) is 14.8. The van der Waals surface area contributed by atoms with E-state index in [4.69, 9.17) is 4.74 Å². The fourth-order valence-corrected chi connectivity index (χ4v) is 2.39. The number of para-hydroxylation sites is 2. The lowest BCUT2D eigenvalue weighted by atomic mass is 10.2. The largest absolute Gasteiger partial charge is 0.492 e. The van der Waals surface area contributed by atoms with Gasteiger partial charge in [-0.05, 0) is 42.8 Å². The highest BCUT2D eigenvalue weighted by Crippen LogP contribution is 2.24. The van der Waals surface area contributed by atoms with E-state index >= 15 is 0 Å². The van der Waals surface area contributed by atoms with Gasteiger partial charge in [-0.1, -0.05) is 24.3 Å². The average molecular weight is 366 g/mol. The molecule has 0 fully saturated rings. The van der Waals surface area contributed by atoms with Gasteiger partial charge in [0.05, 0.1) is 12.3 Å². The second kappa shape index (κ2) is 8.75. The first-order valence-corrected chi connectivity index (χ1v) is 8.50. The van der Waals surface area contributed by atoms with Crippen LogP contribution in [0.25, 0.3) is 0 Å². The van der Waals surface area contributed by atoms with Crippen molar-refractivity contribution in [1.29, 1.82) is 0 Å². The third kappa shape index (κ3) is 5.01. The number of hydrogen-bond acceptors (Lipinski definition) is 5. The molecular weight excluding hydrogens is 347 g/mol. The van der Waals surface area contributed by atoms with Crippen LogP contribution in [0.2, 0.25) is 0 Å². The Morgan fingerprint density at radius 1 is 1.11 bits per heavy atom. The van der Waals surface area contributed by atoms with Crippen molar-refractivity contribution in [2.75, 3.05) is 17.2 Å². The van der Waals surface area contributed by atoms with Crippen LogP contribution >= 0.6 is 0 Å². The predicted molar refractivity (Wildman–Crippen MR) is 101 cm³/mol. The van der Waals surface area contributed by atoms with E-state index in [-0.39, 0.29) is 17.4 Å². The van der Waals surface area contributed by atoms with E-state index in [9.17, 15) is 9.18 Å². The van der Waals surface area contributed by atoms with Crippen LogP contribution in [0.3, 0.4) is 0 Å². The minimum absolute atomic E-state index is 0.220. The number of ether oxygens (including phenoxy) is 1. The maximum absolute atomic E-state index is 12.9. The molecular formula is C20H19FN4O2. The first-order chi connectivity index (χ1) is 13.2. The first-order valence-electron chi connectivity index (χ1n) is 8.50. The van der Waals surface area contributed by atoms with E-state index in [0.717, 1.165) is 5.56 Å². The summed E-state index contributed by atoms with van der Waals surface area (Å²) in [7, 11) is 0. The Balaban J connectivity index is 1.67. The molecule has 27 heavy (non-hydrogen) atoms. The molecule has 3 aromatic rings. The summed E-state index contributed by atoms with van der Waals surface area (Å²) in [6.45, 7) is 2.79. The fraction of sp³-hybridized carbons (Fsp3) is 0.150. The molecule has 2 N–H and O–H groups in total. The van der Waals surface area contributed by atoms with Crippen molar-refractivity contribution in [3.05, 3.63) is 77.9 Å². The summed E-state index contributed by atoms with van der Waals surface area (Å²) >= 11 is 0. The smallest absolute Gasteiger partial charge is 0.274 e. The van der Waals surface area contributed by atoms with Gasteiger partial charge in [-0.3, -0.25) is 4.79 Å². The van der Waals surface area contributed by atoms with Crippen molar-refractivity contribution in [3.63, 3.8) is 0 Å². The van der Waals surface area contributed by atoms with Crippen LogP contribution in [0.1, 0.15) is 23.0 Å². The van der Waals surface area contributed by atoms with Crippen LogP contribution in [0, 0.1) is 5.82 Å². The summed E-state index contributed by atoms with van der Waals surface area (Å²) < 4.78 is 18.5. The van der Waals surface area contributed by atoms with E-state index in [0.29, 0.717) is 30.5 Å².